The number of nitrogens with zero attached hydrogens (tertiary/aromatic N) is 4. The molecule has 0 bridgehead atoms. The van der Waals surface area contributed by atoms with E-state index in [1.54, 1.807) is 30.1 Å². The Kier molecular flexibility index (Phi) is 7.30. The van der Waals surface area contributed by atoms with Gasteiger partial charge in [0.25, 0.3) is 0 Å². The first-order valence-electron chi connectivity index (χ1n) is 12.7. The van der Waals surface area contributed by atoms with Gasteiger partial charge in [-0.15, -0.1) is 0 Å². The standard InChI is InChI=1S/C30H29N5O4/c1-34(2)13-12-27(36)35(3)22-8-6-21(7-9-22)32-29(20-5-11-25-26(17-20)39-15-14-38-25)28-23-10-4-19(18-31)16-24(23)33-30(28)37/h4-11,16-17,28H,12-15H2,1-3H3,(H,33,37). The minimum absolute atomic E-state index is 0.0212. The summed E-state index contributed by atoms with van der Waals surface area (Å²) in [7, 11) is 5.63. The second-order valence-electron chi connectivity index (χ2n) is 9.71. The number of nitrogens with one attached hydrogen (secondary N) is 1. The number of fused-ring (bicyclic) bond motifs is 2. The molecule has 3 aromatic rings. The van der Waals surface area contributed by atoms with Crippen LogP contribution in [0.5, 0.6) is 11.5 Å². The van der Waals surface area contributed by atoms with Crippen LogP contribution in [0, 0.1) is 11.3 Å². The number of aliphatic imine (C=N–C) groups is 1. The van der Waals surface area contributed by atoms with Crippen molar-refractivity contribution in [2.75, 3.05) is 51.1 Å². The van der Waals surface area contributed by atoms with E-state index in [0.717, 1.165) is 16.8 Å². The Morgan fingerprint density at radius 2 is 1.77 bits per heavy atom. The third-order valence-electron chi connectivity index (χ3n) is 6.76. The van der Waals surface area contributed by atoms with Gasteiger partial charge in [-0.25, -0.2) is 0 Å². The lowest BCUT2D eigenvalue weighted by molar-refractivity contribution is -0.118. The number of hydrogen-bond acceptors (Lipinski definition) is 7. The zero-order valence-corrected chi connectivity index (χ0v) is 22.1. The first-order valence-corrected chi connectivity index (χ1v) is 12.7. The molecule has 1 unspecified atom stereocenters. The fourth-order valence-corrected chi connectivity index (χ4v) is 4.62. The molecule has 0 saturated carbocycles. The zero-order valence-electron chi connectivity index (χ0n) is 22.1. The van der Waals surface area contributed by atoms with Crippen molar-refractivity contribution in [3.63, 3.8) is 0 Å². The van der Waals surface area contributed by atoms with E-state index in [9.17, 15) is 14.9 Å². The van der Waals surface area contributed by atoms with Crippen LogP contribution in [0.1, 0.15) is 29.0 Å². The van der Waals surface area contributed by atoms with Crippen molar-refractivity contribution in [3.8, 4) is 17.6 Å². The van der Waals surface area contributed by atoms with Crippen LogP contribution in [0.3, 0.4) is 0 Å². The smallest absolute Gasteiger partial charge is 0.238 e. The van der Waals surface area contributed by atoms with E-state index in [-0.39, 0.29) is 11.8 Å². The lowest BCUT2D eigenvalue weighted by Crippen LogP contribution is -2.29. The summed E-state index contributed by atoms with van der Waals surface area (Å²) in [5.41, 5.74) is 4.46. The molecule has 3 aromatic carbocycles. The summed E-state index contributed by atoms with van der Waals surface area (Å²) in [6, 6.07) is 20.2. The van der Waals surface area contributed by atoms with Crippen molar-refractivity contribution in [2.24, 2.45) is 4.99 Å². The van der Waals surface area contributed by atoms with Crippen molar-refractivity contribution in [1.82, 2.24) is 4.90 Å². The third kappa shape index (κ3) is 5.47. The van der Waals surface area contributed by atoms with E-state index < -0.39 is 5.92 Å². The third-order valence-corrected chi connectivity index (χ3v) is 6.76. The number of amides is 2. The molecule has 9 nitrogen and oxygen atoms in total. The normalized spacial score (nSPS) is 15.9. The minimum atomic E-state index is -0.690. The molecular weight excluding hydrogens is 494 g/mol. The highest BCUT2D eigenvalue weighted by Gasteiger charge is 2.36. The average molecular weight is 524 g/mol. The van der Waals surface area contributed by atoms with E-state index in [1.807, 2.05) is 61.5 Å². The van der Waals surface area contributed by atoms with Gasteiger partial charge in [0.15, 0.2) is 11.5 Å². The Bertz CT molecular complexity index is 1490. The van der Waals surface area contributed by atoms with Crippen molar-refractivity contribution in [1.29, 1.82) is 5.26 Å². The Morgan fingerprint density at radius 1 is 1.03 bits per heavy atom. The first-order chi connectivity index (χ1) is 18.8. The highest BCUT2D eigenvalue weighted by molar-refractivity contribution is 6.24. The second kappa shape index (κ2) is 11.0. The summed E-state index contributed by atoms with van der Waals surface area (Å²) in [4.78, 5) is 34.4. The molecule has 1 atom stereocenters. The van der Waals surface area contributed by atoms with Crippen molar-refractivity contribution >= 4 is 34.6 Å². The van der Waals surface area contributed by atoms with Gasteiger partial charge < -0.3 is 24.6 Å². The van der Waals surface area contributed by atoms with Gasteiger partial charge in [-0.2, -0.15) is 5.26 Å². The number of rotatable bonds is 7. The Hall–Kier alpha value is -4.68. The maximum absolute atomic E-state index is 13.3. The van der Waals surface area contributed by atoms with Crippen LogP contribution < -0.4 is 19.7 Å². The van der Waals surface area contributed by atoms with Crippen molar-refractivity contribution in [2.45, 2.75) is 12.3 Å². The lowest BCUT2D eigenvalue weighted by Gasteiger charge is -2.21. The van der Waals surface area contributed by atoms with Crippen LogP contribution in [0.25, 0.3) is 0 Å². The molecule has 5 rings (SSSR count). The number of benzene rings is 3. The van der Waals surface area contributed by atoms with E-state index >= 15 is 0 Å². The molecule has 39 heavy (non-hydrogen) atoms. The number of nitriles is 1. The number of ether oxygens (including phenoxy) is 2. The average Bonchev–Trinajstić information content (AvgIpc) is 3.28. The molecule has 2 heterocycles. The first kappa shape index (κ1) is 25.9. The van der Waals surface area contributed by atoms with Gasteiger partial charge >= 0.3 is 0 Å². The van der Waals surface area contributed by atoms with Crippen LogP contribution in [0.4, 0.5) is 17.1 Å². The molecule has 0 spiro atoms. The van der Waals surface area contributed by atoms with Crippen LogP contribution in [0.15, 0.2) is 65.7 Å². The number of carbonyl (C=O) groups excluding carboxylic acids is 2. The maximum atomic E-state index is 13.3. The fraction of sp³-hybridized carbons (Fsp3) is 0.267. The number of anilines is 2. The van der Waals surface area contributed by atoms with E-state index in [4.69, 9.17) is 14.5 Å². The van der Waals surface area contributed by atoms with Crippen LogP contribution in [-0.4, -0.2) is 63.3 Å². The molecular formula is C30H29N5O4. The zero-order chi connectivity index (χ0) is 27.5. The summed E-state index contributed by atoms with van der Waals surface area (Å²) in [5.74, 6) is 0.346. The molecule has 2 aliphatic heterocycles. The van der Waals surface area contributed by atoms with Gasteiger partial charge in [0.1, 0.15) is 19.1 Å². The summed E-state index contributed by atoms with van der Waals surface area (Å²) in [5, 5.41) is 12.2. The highest BCUT2D eigenvalue weighted by Crippen LogP contribution is 2.39. The van der Waals surface area contributed by atoms with Crippen LogP contribution in [-0.2, 0) is 9.59 Å². The van der Waals surface area contributed by atoms with Gasteiger partial charge in [-0.1, -0.05) is 6.07 Å². The molecule has 0 saturated heterocycles. The summed E-state index contributed by atoms with van der Waals surface area (Å²) >= 11 is 0. The summed E-state index contributed by atoms with van der Waals surface area (Å²) < 4.78 is 11.5. The number of hydrogen-bond donors (Lipinski definition) is 1. The minimum Gasteiger partial charge on any atom is -0.486 e. The van der Waals surface area contributed by atoms with Gasteiger partial charge in [0, 0.05) is 37.0 Å². The monoisotopic (exact) mass is 523 g/mol. The molecule has 0 aliphatic carbocycles. The van der Waals surface area contributed by atoms with Gasteiger partial charge in [-0.05, 0) is 74.3 Å². The topological polar surface area (TPSA) is 107 Å². The van der Waals surface area contributed by atoms with Crippen LogP contribution >= 0.6 is 0 Å². The SMILES string of the molecule is CN(C)CCC(=O)N(C)c1ccc(N=C(c2ccc3c(c2)OCCO3)C2C(=O)Nc3cc(C#N)ccc32)cc1. The fourth-order valence-electron chi connectivity index (χ4n) is 4.62. The van der Waals surface area contributed by atoms with Crippen molar-refractivity contribution < 1.29 is 19.1 Å². The largest absolute Gasteiger partial charge is 0.486 e. The van der Waals surface area contributed by atoms with Gasteiger partial charge in [-0.3, -0.25) is 14.6 Å². The summed E-state index contributed by atoms with van der Waals surface area (Å²) in [6.07, 6.45) is 0.418. The molecule has 2 aliphatic rings. The highest BCUT2D eigenvalue weighted by atomic mass is 16.6. The molecule has 9 heteroatoms. The molecule has 0 fully saturated rings. The quantitative estimate of drug-likeness (QED) is 0.467. The predicted octanol–water partition coefficient (Wildman–Crippen LogP) is 4.10. The Morgan fingerprint density at radius 3 is 2.49 bits per heavy atom. The van der Waals surface area contributed by atoms with E-state index in [1.165, 1.54) is 0 Å². The Balaban J connectivity index is 1.52. The maximum Gasteiger partial charge on any atom is 0.238 e. The molecule has 2 amide bonds. The van der Waals surface area contributed by atoms with Gasteiger partial charge in [0.2, 0.25) is 11.8 Å². The van der Waals surface area contributed by atoms with Crippen molar-refractivity contribution in [3.05, 3.63) is 77.4 Å². The second-order valence-corrected chi connectivity index (χ2v) is 9.71. The van der Waals surface area contributed by atoms with E-state index in [2.05, 4.69) is 11.4 Å². The number of carbonyl (C=O) groups is 2. The summed E-state index contributed by atoms with van der Waals surface area (Å²) in [6.45, 7) is 1.59. The Labute approximate surface area is 227 Å². The van der Waals surface area contributed by atoms with Crippen LogP contribution in [0.2, 0.25) is 0 Å². The van der Waals surface area contributed by atoms with E-state index in [0.29, 0.717) is 60.3 Å². The molecule has 0 aromatic heterocycles. The predicted molar refractivity (Wildman–Crippen MR) is 149 cm³/mol. The molecule has 198 valence electrons. The molecule has 0 radical (unpaired) electrons. The van der Waals surface area contributed by atoms with Gasteiger partial charge in [0.05, 0.1) is 23.0 Å². The molecule has 1 N–H and O–H groups in total. The lowest BCUT2D eigenvalue weighted by atomic mass is 9.90.